The van der Waals surface area contributed by atoms with Crippen molar-refractivity contribution in [2.75, 3.05) is 19.6 Å². The number of rotatable bonds is 7. The van der Waals surface area contributed by atoms with Crippen molar-refractivity contribution in [3.63, 3.8) is 0 Å². The summed E-state index contributed by atoms with van der Waals surface area (Å²) in [4.78, 5) is 12.4. The third-order valence-electron chi connectivity index (χ3n) is 4.96. The summed E-state index contributed by atoms with van der Waals surface area (Å²) in [6, 6.07) is 7.11. The van der Waals surface area contributed by atoms with Gasteiger partial charge in [0.2, 0.25) is 5.91 Å². The van der Waals surface area contributed by atoms with Crippen LogP contribution in [0, 0.1) is 11.8 Å². The van der Waals surface area contributed by atoms with Gasteiger partial charge in [0, 0.05) is 32.0 Å². The van der Waals surface area contributed by atoms with Gasteiger partial charge in [0.05, 0.1) is 6.26 Å². The second-order valence-corrected chi connectivity index (χ2v) is 9.70. The van der Waals surface area contributed by atoms with Crippen molar-refractivity contribution in [1.82, 2.24) is 9.62 Å². The predicted molar refractivity (Wildman–Crippen MR) is 100 cm³/mol. The minimum atomic E-state index is -3.39. The van der Waals surface area contributed by atoms with Gasteiger partial charge in [0.15, 0.2) is 0 Å². The lowest BCUT2D eigenvalue weighted by molar-refractivity contribution is -0.126. The van der Waals surface area contributed by atoms with Crippen LogP contribution < -0.4 is 5.32 Å². The molecule has 6 nitrogen and oxygen atoms in total. The van der Waals surface area contributed by atoms with Crippen LogP contribution in [0.2, 0.25) is 0 Å². The first-order valence-corrected chi connectivity index (χ1v) is 11.1. The summed E-state index contributed by atoms with van der Waals surface area (Å²) in [5, 5.41) is 4.73. The number of sulfonamides is 1. The van der Waals surface area contributed by atoms with Gasteiger partial charge in [-0.1, -0.05) is 13.0 Å². The molecule has 1 atom stereocenters. The molecule has 1 saturated heterocycles. The zero-order valence-electron chi connectivity index (χ0n) is 14.8. The smallest absolute Gasteiger partial charge is 0.252 e. The molecule has 2 aromatic heterocycles. The van der Waals surface area contributed by atoms with E-state index in [9.17, 15) is 13.2 Å². The van der Waals surface area contributed by atoms with Crippen LogP contribution in [0.3, 0.4) is 0 Å². The lowest BCUT2D eigenvalue weighted by atomic mass is 9.85. The number of hydrogen-bond acceptors (Lipinski definition) is 5. The number of amides is 1. The first-order chi connectivity index (χ1) is 12.5. The van der Waals surface area contributed by atoms with Crippen LogP contribution in [0.25, 0.3) is 0 Å². The number of furan rings is 1. The molecule has 0 spiro atoms. The average molecular weight is 397 g/mol. The summed E-state index contributed by atoms with van der Waals surface area (Å²) in [7, 11) is -3.39. The van der Waals surface area contributed by atoms with E-state index in [0.717, 1.165) is 5.76 Å². The number of nitrogens with one attached hydrogen (secondary N) is 1. The Morgan fingerprint density at radius 3 is 2.73 bits per heavy atom. The van der Waals surface area contributed by atoms with Crippen LogP contribution in [-0.4, -0.2) is 38.3 Å². The van der Waals surface area contributed by atoms with E-state index in [1.54, 1.807) is 23.8 Å². The number of piperidine rings is 1. The van der Waals surface area contributed by atoms with Crippen molar-refractivity contribution < 1.29 is 17.6 Å². The van der Waals surface area contributed by atoms with Crippen molar-refractivity contribution in [3.8, 4) is 0 Å². The summed E-state index contributed by atoms with van der Waals surface area (Å²) in [6.07, 6.45) is 3.70. The molecule has 1 amide bonds. The predicted octanol–water partition coefficient (Wildman–Crippen LogP) is 2.74. The van der Waals surface area contributed by atoms with E-state index in [-0.39, 0.29) is 17.7 Å². The van der Waals surface area contributed by atoms with Gasteiger partial charge in [-0.2, -0.15) is 4.31 Å². The number of nitrogens with zero attached hydrogens (tertiary/aromatic N) is 1. The van der Waals surface area contributed by atoms with Crippen molar-refractivity contribution in [2.45, 2.75) is 30.4 Å². The number of thiophene rings is 1. The lowest BCUT2D eigenvalue weighted by Gasteiger charge is -2.33. The highest BCUT2D eigenvalue weighted by atomic mass is 32.2. The van der Waals surface area contributed by atoms with Crippen molar-refractivity contribution in [1.29, 1.82) is 0 Å². The minimum Gasteiger partial charge on any atom is -0.469 e. The third-order valence-corrected chi connectivity index (χ3v) is 8.23. The highest BCUT2D eigenvalue weighted by Gasteiger charge is 2.33. The summed E-state index contributed by atoms with van der Waals surface area (Å²) in [5.41, 5.74) is 0. The molecule has 1 fully saturated rings. The molecule has 142 valence electrons. The van der Waals surface area contributed by atoms with Crippen LogP contribution in [0.4, 0.5) is 0 Å². The van der Waals surface area contributed by atoms with Gasteiger partial charge in [-0.15, -0.1) is 11.3 Å². The highest BCUT2D eigenvalue weighted by Crippen LogP contribution is 2.29. The van der Waals surface area contributed by atoms with Crippen LogP contribution in [0.1, 0.15) is 25.5 Å². The molecule has 0 bridgehead atoms. The quantitative estimate of drug-likeness (QED) is 0.780. The molecule has 0 aliphatic carbocycles. The zero-order valence-corrected chi connectivity index (χ0v) is 16.4. The maximum absolute atomic E-state index is 12.6. The average Bonchev–Trinajstić information content (AvgIpc) is 3.35. The van der Waals surface area contributed by atoms with Gasteiger partial charge < -0.3 is 9.73 Å². The van der Waals surface area contributed by atoms with E-state index in [2.05, 4.69) is 5.32 Å². The van der Waals surface area contributed by atoms with Gasteiger partial charge in [-0.25, -0.2) is 8.42 Å². The first-order valence-electron chi connectivity index (χ1n) is 8.82. The molecule has 1 aliphatic rings. The monoisotopic (exact) mass is 396 g/mol. The van der Waals surface area contributed by atoms with Gasteiger partial charge >= 0.3 is 0 Å². The molecular formula is C18H24N2O4S2. The van der Waals surface area contributed by atoms with Crippen LogP contribution in [0.15, 0.2) is 44.5 Å². The maximum Gasteiger partial charge on any atom is 0.252 e. The summed E-state index contributed by atoms with van der Waals surface area (Å²) < 4.78 is 32.3. The van der Waals surface area contributed by atoms with Crippen LogP contribution >= 0.6 is 11.3 Å². The first kappa shape index (κ1) is 19.1. The second-order valence-electron chi connectivity index (χ2n) is 6.58. The van der Waals surface area contributed by atoms with Crippen molar-refractivity contribution in [3.05, 3.63) is 41.7 Å². The normalized spacial score (nSPS) is 17.9. The molecule has 0 saturated carbocycles. The standard InChI is InChI=1S/C18H24N2O4S2/c1-14(18(21)19-9-6-16-4-2-12-24-16)15-7-10-20(11-8-15)26(22,23)17-5-3-13-25-17/h2-5,12-15H,6-11H2,1H3,(H,19,21)/t14-/m1/s1. The SMILES string of the molecule is C[C@@H](C(=O)NCCc1ccco1)C1CCN(S(=O)(=O)c2cccs2)CC1. The van der Waals surface area contributed by atoms with Crippen molar-refractivity contribution in [2.24, 2.45) is 11.8 Å². The molecule has 0 radical (unpaired) electrons. The molecule has 1 aliphatic heterocycles. The van der Waals surface area contributed by atoms with Gasteiger partial charge in [-0.05, 0) is 42.3 Å². The minimum absolute atomic E-state index is 0.0242. The topological polar surface area (TPSA) is 79.6 Å². The van der Waals surface area contributed by atoms with Crippen molar-refractivity contribution >= 4 is 27.3 Å². The molecule has 8 heteroatoms. The fourth-order valence-corrected chi connectivity index (χ4v) is 5.91. The van der Waals surface area contributed by atoms with Crippen LogP contribution in [0.5, 0.6) is 0 Å². The summed E-state index contributed by atoms with van der Waals surface area (Å²) in [6.45, 7) is 3.41. The Bertz CT molecular complexity index is 792. The van der Waals surface area contributed by atoms with Gasteiger partial charge in [0.1, 0.15) is 9.97 Å². The molecule has 3 rings (SSSR count). The number of hydrogen-bond donors (Lipinski definition) is 1. The zero-order chi connectivity index (χ0) is 18.6. The molecular weight excluding hydrogens is 372 g/mol. The van der Waals surface area contributed by atoms with E-state index < -0.39 is 10.0 Å². The summed E-state index contributed by atoms with van der Waals surface area (Å²) >= 11 is 1.24. The molecule has 0 aromatic carbocycles. The van der Waals surface area contributed by atoms with Gasteiger partial charge in [-0.3, -0.25) is 4.79 Å². The fourth-order valence-electron chi connectivity index (χ4n) is 3.29. The molecule has 1 N–H and O–H groups in total. The molecule has 2 aromatic rings. The highest BCUT2D eigenvalue weighted by molar-refractivity contribution is 7.91. The van der Waals surface area contributed by atoms with E-state index in [4.69, 9.17) is 4.42 Å². The Morgan fingerprint density at radius 1 is 1.35 bits per heavy atom. The lowest BCUT2D eigenvalue weighted by Crippen LogP contribution is -2.42. The summed E-state index contributed by atoms with van der Waals surface area (Å²) in [5.74, 6) is 0.952. The van der Waals surface area contributed by atoms with E-state index in [1.165, 1.54) is 15.6 Å². The maximum atomic E-state index is 12.6. The van der Waals surface area contributed by atoms with E-state index >= 15 is 0 Å². The Kier molecular flexibility index (Phi) is 6.16. The Balaban J connectivity index is 1.47. The number of carbonyl (C=O) groups excluding carboxylic acids is 1. The second kappa shape index (κ2) is 8.37. The molecule has 26 heavy (non-hydrogen) atoms. The van der Waals surface area contributed by atoms with E-state index in [1.807, 2.05) is 19.1 Å². The molecule has 0 unspecified atom stereocenters. The Hall–Kier alpha value is -1.64. The van der Waals surface area contributed by atoms with Gasteiger partial charge in [0.25, 0.3) is 10.0 Å². The molecule has 3 heterocycles. The van der Waals surface area contributed by atoms with E-state index in [0.29, 0.717) is 43.1 Å². The Labute approximate surface area is 158 Å². The largest absolute Gasteiger partial charge is 0.469 e. The fraction of sp³-hybridized carbons (Fsp3) is 0.500. The number of carbonyl (C=O) groups is 1. The van der Waals surface area contributed by atoms with Crippen LogP contribution in [-0.2, 0) is 21.2 Å². The Morgan fingerprint density at radius 2 is 2.12 bits per heavy atom. The third kappa shape index (κ3) is 4.36.